The van der Waals surface area contributed by atoms with Gasteiger partial charge >= 0.3 is 0 Å². The minimum absolute atomic E-state index is 0.0236. The first-order chi connectivity index (χ1) is 14.5. The van der Waals surface area contributed by atoms with Crippen LogP contribution in [-0.4, -0.2) is 28.1 Å². The maximum absolute atomic E-state index is 13.8. The number of benzene rings is 2. The number of carbonyl (C=O) groups is 2. The number of amides is 2. The monoisotopic (exact) mass is 396 g/mol. The molecule has 1 N–H and O–H groups in total. The van der Waals surface area contributed by atoms with E-state index >= 15 is 0 Å². The van der Waals surface area contributed by atoms with Gasteiger partial charge in [-0.25, -0.2) is 4.68 Å². The minimum Gasteiger partial charge on any atom is -0.310 e. The fourth-order valence-electron chi connectivity index (χ4n) is 4.64. The molecule has 2 aromatic carbocycles. The molecular weight excluding hydrogens is 376 g/mol. The summed E-state index contributed by atoms with van der Waals surface area (Å²) < 4.78 is 1.70. The molecule has 0 unspecified atom stereocenters. The second-order valence-electron chi connectivity index (χ2n) is 7.85. The zero-order valence-electron chi connectivity index (χ0n) is 16.8. The van der Waals surface area contributed by atoms with Crippen LogP contribution in [0, 0.1) is 26.2 Å². The van der Waals surface area contributed by atoms with Gasteiger partial charge in [0.1, 0.15) is 11.2 Å². The highest BCUT2D eigenvalue weighted by atomic mass is 16.2. The van der Waals surface area contributed by atoms with Crippen molar-refractivity contribution in [1.29, 1.82) is 0 Å². The Labute approximate surface area is 174 Å². The van der Waals surface area contributed by atoms with Crippen LogP contribution in [-0.2, 0) is 15.0 Å². The molecule has 5 rings (SSSR count). The Morgan fingerprint density at radius 3 is 2.70 bits per heavy atom. The Kier molecular flexibility index (Phi) is 3.84. The molecule has 3 heterocycles. The predicted octanol–water partition coefficient (Wildman–Crippen LogP) is 3.10. The van der Waals surface area contributed by atoms with E-state index in [9.17, 15) is 9.59 Å². The van der Waals surface area contributed by atoms with Crippen molar-refractivity contribution in [3.8, 4) is 18.0 Å². The molecule has 148 valence electrons. The highest BCUT2D eigenvalue weighted by Crippen LogP contribution is 2.52. The molecule has 1 atom stereocenters. The molecule has 6 nitrogen and oxygen atoms in total. The lowest BCUT2D eigenvalue weighted by Crippen LogP contribution is -2.46. The number of terminal acetylenes is 1. The number of aromatic nitrogens is 2. The van der Waals surface area contributed by atoms with Crippen LogP contribution in [0.1, 0.15) is 28.7 Å². The SMILES string of the molecule is C#CCN1C(=O)[C@]2(CC(=O)Nc3c2cnn3-c2ccccc2C)c2cc(C)ccc21. The van der Waals surface area contributed by atoms with E-state index in [2.05, 4.69) is 16.3 Å². The van der Waals surface area contributed by atoms with Crippen molar-refractivity contribution in [2.24, 2.45) is 0 Å². The molecule has 3 aromatic rings. The van der Waals surface area contributed by atoms with Crippen molar-refractivity contribution < 1.29 is 9.59 Å². The van der Waals surface area contributed by atoms with Crippen molar-refractivity contribution in [1.82, 2.24) is 9.78 Å². The van der Waals surface area contributed by atoms with Gasteiger partial charge < -0.3 is 5.32 Å². The van der Waals surface area contributed by atoms with Crippen LogP contribution in [0.3, 0.4) is 0 Å². The Balaban J connectivity index is 1.79. The third-order valence-corrected chi connectivity index (χ3v) is 6.02. The number of fused-ring (bicyclic) bond motifs is 4. The summed E-state index contributed by atoms with van der Waals surface area (Å²) in [5.74, 6) is 2.71. The zero-order valence-corrected chi connectivity index (χ0v) is 16.8. The molecule has 0 radical (unpaired) electrons. The van der Waals surface area contributed by atoms with Gasteiger partial charge in [-0.2, -0.15) is 5.10 Å². The van der Waals surface area contributed by atoms with Gasteiger partial charge in [-0.15, -0.1) is 6.42 Å². The minimum atomic E-state index is -1.13. The molecule has 0 saturated carbocycles. The van der Waals surface area contributed by atoms with Crippen molar-refractivity contribution in [3.63, 3.8) is 0 Å². The van der Waals surface area contributed by atoms with E-state index in [1.54, 1.807) is 15.8 Å². The quantitative estimate of drug-likeness (QED) is 0.677. The van der Waals surface area contributed by atoms with Crippen LogP contribution in [0.5, 0.6) is 0 Å². The van der Waals surface area contributed by atoms with Crippen molar-refractivity contribution >= 4 is 23.3 Å². The van der Waals surface area contributed by atoms with Gasteiger partial charge in [0.25, 0.3) is 0 Å². The van der Waals surface area contributed by atoms with Crippen molar-refractivity contribution in [2.75, 3.05) is 16.8 Å². The maximum Gasteiger partial charge on any atom is 0.243 e. The molecule has 0 aliphatic carbocycles. The summed E-state index contributed by atoms with van der Waals surface area (Å²) in [4.78, 5) is 28.3. The smallest absolute Gasteiger partial charge is 0.243 e. The number of aryl methyl sites for hydroxylation is 2. The van der Waals surface area contributed by atoms with Gasteiger partial charge in [-0.1, -0.05) is 41.8 Å². The van der Waals surface area contributed by atoms with Crippen LogP contribution >= 0.6 is 0 Å². The largest absolute Gasteiger partial charge is 0.310 e. The Hall–Kier alpha value is -3.85. The van der Waals surface area contributed by atoms with Crippen LogP contribution < -0.4 is 10.2 Å². The predicted molar refractivity (Wildman–Crippen MR) is 115 cm³/mol. The van der Waals surface area contributed by atoms with Gasteiger partial charge in [0, 0.05) is 17.7 Å². The first-order valence-electron chi connectivity index (χ1n) is 9.78. The fraction of sp³-hybridized carbons (Fsp3) is 0.208. The summed E-state index contributed by atoms with van der Waals surface area (Å²) in [6.45, 7) is 4.11. The molecule has 0 bridgehead atoms. The van der Waals surface area contributed by atoms with Crippen LogP contribution in [0.2, 0.25) is 0 Å². The topological polar surface area (TPSA) is 67.2 Å². The standard InChI is InChI=1S/C24H20N4O2/c1-4-11-27-20-10-9-15(2)12-17(20)24(23(27)30)13-21(29)26-22-18(24)14-25-28(22)19-8-6-5-7-16(19)3/h1,5-10,12,14H,11,13H2,2-3H3,(H,26,29)/t24-/m1/s1. The number of nitrogens with zero attached hydrogens (tertiary/aromatic N) is 3. The summed E-state index contributed by atoms with van der Waals surface area (Å²) in [6.07, 6.45) is 7.28. The molecule has 2 amide bonds. The van der Waals surface area contributed by atoms with Crippen LogP contribution in [0.4, 0.5) is 11.5 Å². The number of hydrogen-bond acceptors (Lipinski definition) is 3. The highest BCUT2D eigenvalue weighted by molar-refractivity contribution is 6.16. The summed E-state index contributed by atoms with van der Waals surface area (Å²) in [7, 11) is 0. The normalized spacial score (nSPS) is 19.4. The number of para-hydroxylation sites is 1. The van der Waals surface area contributed by atoms with Gasteiger partial charge in [0.05, 0.1) is 18.4 Å². The van der Waals surface area contributed by atoms with E-state index in [4.69, 9.17) is 6.42 Å². The molecule has 0 fully saturated rings. The first kappa shape index (κ1) is 18.2. The Morgan fingerprint density at radius 1 is 1.13 bits per heavy atom. The molecule has 0 saturated heterocycles. The Morgan fingerprint density at radius 2 is 1.93 bits per heavy atom. The van der Waals surface area contributed by atoms with E-state index < -0.39 is 5.41 Å². The van der Waals surface area contributed by atoms with Crippen LogP contribution in [0.15, 0.2) is 48.7 Å². The lowest BCUT2D eigenvalue weighted by Gasteiger charge is -2.32. The fourth-order valence-corrected chi connectivity index (χ4v) is 4.64. The summed E-state index contributed by atoms with van der Waals surface area (Å²) >= 11 is 0. The molecule has 2 aliphatic rings. The second-order valence-corrected chi connectivity index (χ2v) is 7.85. The van der Waals surface area contributed by atoms with Crippen molar-refractivity contribution in [3.05, 3.63) is 70.9 Å². The number of anilines is 2. The van der Waals surface area contributed by atoms with E-state index in [0.717, 1.165) is 28.1 Å². The molecule has 2 aliphatic heterocycles. The number of rotatable bonds is 2. The van der Waals surface area contributed by atoms with E-state index in [1.807, 2.05) is 56.3 Å². The summed E-state index contributed by atoms with van der Waals surface area (Å²) in [5, 5.41) is 7.52. The molecule has 1 aromatic heterocycles. The van der Waals surface area contributed by atoms with E-state index in [-0.39, 0.29) is 24.8 Å². The molecule has 1 spiro atoms. The van der Waals surface area contributed by atoms with E-state index in [0.29, 0.717) is 11.4 Å². The zero-order chi connectivity index (χ0) is 21.0. The average Bonchev–Trinajstić information content (AvgIpc) is 3.23. The number of nitrogens with one attached hydrogen (secondary N) is 1. The van der Waals surface area contributed by atoms with E-state index in [1.165, 1.54) is 0 Å². The molecular formula is C24H20N4O2. The van der Waals surface area contributed by atoms with Crippen molar-refractivity contribution in [2.45, 2.75) is 25.7 Å². The second kappa shape index (κ2) is 6.33. The van der Waals surface area contributed by atoms with Gasteiger partial charge in [0.15, 0.2) is 0 Å². The Bertz CT molecular complexity index is 1270. The maximum atomic E-state index is 13.8. The third kappa shape index (κ3) is 2.29. The number of carbonyl (C=O) groups excluding carboxylic acids is 2. The summed E-state index contributed by atoms with van der Waals surface area (Å²) in [6, 6.07) is 13.6. The third-order valence-electron chi connectivity index (χ3n) is 6.02. The van der Waals surface area contributed by atoms with Gasteiger partial charge in [-0.3, -0.25) is 14.5 Å². The summed E-state index contributed by atoms with van der Waals surface area (Å²) in [5.41, 5.74) is 4.02. The first-order valence-corrected chi connectivity index (χ1v) is 9.78. The molecule has 30 heavy (non-hydrogen) atoms. The van der Waals surface area contributed by atoms with Gasteiger partial charge in [0.2, 0.25) is 11.8 Å². The highest BCUT2D eigenvalue weighted by Gasteiger charge is 2.57. The lowest BCUT2D eigenvalue weighted by atomic mass is 9.71. The number of hydrogen-bond donors (Lipinski definition) is 1. The van der Waals surface area contributed by atoms with Crippen LogP contribution in [0.25, 0.3) is 5.69 Å². The lowest BCUT2D eigenvalue weighted by molar-refractivity contribution is -0.126. The van der Waals surface area contributed by atoms with Gasteiger partial charge in [-0.05, 0) is 37.1 Å². The average molecular weight is 396 g/mol. The molecule has 6 heteroatoms.